The van der Waals surface area contributed by atoms with Gasteiger partial charge < -0.3 is 10.1 Å². The van der Waals surface area contributed by atoms with E-state index in [0.29, 0.717) is 12.4 Å². The molecule has 1 N–H and O–H groups in total. The van der Waals surface area contributed by atoms with E-state index in [4.69, 9.17) is 4.74 Å². The lowest BCUT2D eigenvalue weighted by atomic mass is 10.2. The molecular formula is C20H21N3O3. The standard InChI is InChI=1S/C20H21N3O3/c24-23(25)18-9-11-19(12-10-18)26-14-4-3-13-21-15-17-8-7-16-5-1-2-6-20(16)22-17/h1-2,5-12,21H,3-4,13-15H2. The van der Waals surface area contributed by atoms with Crippen LogP contribution in [-0.4, -0.2) is 23.1 Å². The van der Waals surface area contributed by atoms with E-state index < -0.39 is 4.92 Å². The van der Waals surface area contributed by atoms with Crippen LogP contribution in [0.25, 0.3) is 10.9 Å². The van der Waals surface area contributed by atoms with Gasteiger partial charge in [-0.05, 0) is 43.7 Å². The molecule has 0 amide bonds. The van der Waals surface area contributed by atoms with Crippen molar-refractivity contribution in [3.05, 3.63) is 76.5 Å². The average Bonchev–Trinajstić information content (AvgIpc) is 2.67. The number of pyridine rings is 1. The highest BCUT2D eigenvalue weighted by Crippen LogP contribution is 2.17. The molecule has 0 bridgehead atoms. The van der Waals surface area contributed by atoms with Gasteiger partial charge in [0.2, 0.25) is 0 Å². The number of rotatable bonds is 9. The van der Waals surface area contributed by atoms with Gasteiger partial charge in [0.05, 0.1) is 22.7 Å². The Labute approximate surface area is 152 Å². The van der Waals surface area contributed by atoms with Crippen molar-refractivity contribution in [3.8, 4) is 5.75 Å². The van der Waals surface area contributed by atoms with Crippen LogP contribution in [0.4, 0.5) is 5.69 Å². The van der Waals surface area contributed by atoms with Gasteiger partial charge in [-0.1, -0.05) is 24.3 Å². The summed E-state index contributed by atoms with van der Waals surface area (Å²) in [4.78, 5) is 14.8. The van der Waals surface area contributed by atoms with Crippen molar-refractivity contribution in [3.63, 3.8) is 0 Å². The summed E-state index contributed by atoms with van der Waals surface area (Å²) in [5, 5.41) is 15.1. The topological polar surface area (TPSA) is 77.3 Å². The molecule has 26 heavy (non-hydrogen) atoms. The van der Waals surface area contributed by atoms with Gasteiger partial charge in [0, 0.05) is 24.1 Å². The van der Waals surface area contributed by atoms with Crippen LogP contribution in [0.5, 0.6) is 5.75 Å². The third-order valence-electron chi connectivity index (χ3n) is 4.03. The Kier molecular flexibility index (Phi) is 6.11. The summed E-state index contributed by atoms with van der Waals surface area (Å²) in [6, 6.07) is 18.4. The summed E-state index contributed by atoms with van der Waals surface area (Å²) >= 11 is 0. The first-order valence-corrected chi connectivity index (χ1v) is 8.65. The summed E-state index contributed by atoms with van der Waals surface area (Å²) in [6.07, 6.45) is 1.90. The van der Waals surface area contributed by atoms with E-state index in [1.165, 1.54) is 12.1 Å². The molecule has 3 aromatic rings. The minimum Gasteiger partial charge on any atom is -0.494 e. The molecule has 0 spiro atoms. The Bertz CT molecular complexity index is 866. The predicted octanol–water partition coefficient (Wildman–Crippen LogP) is 4.09. The number of unbranched alkanes of at least 4 members (excludes halogenated alkanes) is 1. The molecule has 0 aliphatic rings. The van der Waals surface area contributed by atoms with Crippen molar-refractivity contribution in [1.29, 1.82) is 0 Å². The van der Waals surface area contributed by atoms with Crippen LogP contribution in [0.3, 0.4) is 0 Å². The van der Waals surface area contributed by atoms with Crippen LogP contribution in [0.2, 0.25) is 0 Å². The van der Waals surface area contributed by atoms with Crippen molar-refractivity contribution in [2.45, 2.75) is 19.4 Å². The van der Waals surface area contributed by atoms with E-state index >= 15 is 0 Å². The zero-order valence-corrected chi connectivity index (χ0v) is 14.4. The zero-order chi connectivity index (χ0) is 18.2. The number of aromatic nitrogens is 1. The third-order valence-corrected chi connectivity index (χ3v) is 4.03. The van der Waals surface area contributed by atoms with Crippen LogP contribution < -0.4 is 10.1 Å². The van der Waals surface area contributed by atoms with Gasteiger partial charge in [-0.15, -0.1) is 0 Å². The number of hydrogen-bond donors (Lipinski definition) is 1. The summed E-state index contributed by atoms with van der Waals surface area (Å²) in [6.45, 7) is 2.22. The number of non-ortho nitro benzene ring substituents is 1. The van der Waals surface area contributed by atoms with E-state index in [-0.39, 0.29) is 5.69 Å². The largest absolute Gasteiger partial charge is 0.494 e. The molecule has 6 heteroatoms. The fraction of sp³-hybridized carbons (Fsp3) is 0.250. The summed E-state index contributed by atoms with van der Waals surface area (Å²) in [7, 11) is 0. The molecular weight excluding hydrogens is 330 g/mol. The lowest BCUT2D eigenvalue weighted by Crippen LogP contribution is -2.16. The van der Waals surface area contributed by atoms with Gasteiger partial charge in [0.25, 0.3) is 5.69 Å². The van der Waals surface area contributed by atoms with E-state index in [9.17, 15) is 10.1 Å². The molecule has 0 unspecified atom stereocenters. The van der Waals surface area contributed by atoms with Crippen LogP contribution in [0.1, 0.15) is 18.5 Å². The minimum atomic E-state index is -0.417. The zero-order valence-electron chi connectivity index (χ0n) is 14.4. The van der Waals surface area contributed by atoms with E-state index in [1.54, 1.807) is 12.1 Å². The number of nitro benzene ring substituents is 1. The number of hydrogen-bond acceptors (Lipinski definition) is 5. The van der Waals surface area contributed by atoms with E-state index in [2.05, 4.69) is 22.4 Å². The lowest BCUT2D eigenvalue weighted by molar-refractivity contribution is -0.384. The molecule has 2 aromatic carbocycles. The van der Waals surface area contributed by atoms with Crippen LogP contribution in [0, 0.1) is 10.1 Å². The molecule has 0 aliphatic carbocycles. The first kappa shape index (κ1) is 17.8. The van der Waals surface area contributed by atoms with Gasteiger partial charge >= 0.3 is 0 Å². The summed E-state index contributed by atoms with van der Waals surface area (Å²) in [5.41, 5.74) is 2.12. The second-order valence-corrected chi connectivity index (χ2v) is 5.98. The molecule has 0 atom stereocenters. The monoisotopic (exact) mass is 351 g/mol. The fourth-order valence-electron chi connectivity index (χ4n) is 2.63. The molecule has 134 valence electrons. The molecule has 1 aromatic heterocycles. The predicted molar refractivity (Wildman–Crippen MR) is 101 cm³/mol. The molecule has 1 heterocycles. The maximum atomic E-state index is 10.6. The number of para-hydroxylation sites is 1. The van der Waals surface area contributed by atoms with Crippen molar-refractivity contribution in [2.75, 3.05) is 13.2 Å². The van der Waals surface area contributed by atoms with Crippen molar-refractivity contribution >= 4 is 16.6 Å². The van der Waals surface area contributed by atoms with Crippen LogP contribution >= 0.6 is 0 Å². The normalized spacial score (nSPS) is 10.8. The molecule has 3 rings (SSSR count). The van der Waals surface area contributed by atoms with Crippen molar-refractivity contribution in [1.82, 2.24) is 10.3 Å². The first-order chi connectivity index (χ1) is 12.7. The number of ether oxygens (including phenoxy) is 1. The number of nitro groups is 1. The minimum absolute atomic E-state index is 0.0730. The Morgan fingerprint density at radius 2 is 1.81 bits per heavy atom. The molecule has 0 aliphatic heterocycles. The highest BCUT2D eigenvalue weighted by atomic mass is 16.6. The maximum Gasteiger partial charge on any atom is 0.269 e. The Hall–Kier alpha value is -2.99. The number of fused-ring (bicyclic) bond motifs is 1. The average molecular weight is 351 g/mol. The summed E-state index contributed by atoms with van der Waals surface area (Å²) in [5.74, 6) is 0.656. The molecule has 0 radical (unpaired) electrons. The van der Waals surface area contributed by atoms with Gasteiger partial charge in [0.1, 0.15) is 5.75 Å². The lowest BCUT2D eigenvalue weighted by Gasteiger charge is -2.07. The third kappa shape index (κ3) is 5.00. The highest BCUT2D eigenvalue weighted by Gasteiger charge is 2.04. The second kappa shape index (κ2) is 8.92. The van der Waals surface area contributed by atoms with Gasteiger partial charge in [-0.25, -0.2) is 0 Å². The van der Waals surface area contributed by atoms with Gasteiger partial charge in [0.15, 0.2) is 0 Å². The Balaban J connectivity index is 1.32. The second-order valence-electron chi connectivity index (χ2n) is 5.98. The van der Waals surface area contributed by atoms with E-state index in [1.807, 2.05) is 24.3 Å². The Morgan fingerprint density at radius 1 is 1.00 bits per heavy atom. The molecule has 0 saturated heterocycles. The molecule has 6 nitrogen and oxygen atoms in total. The van der Waals surface area contributed by atoms with Crippen molar-refractivity contribution in [2.24, 2.45) is 0 Å². The number of nitrogens with one attached hydrogen (secondary N) is 1. The Morgan fingerprint density at radius 3 is 2.62 bits per heavy atom. The maximum absolute atomic E-state index is 10.6. The number of benzene rings is 2. The van der Waals surface area contributed by atoms with Gasteiger partial charge in [-0.2, -0.15) is 0 Å². The number of nitrogens with zero attached hydrogens (tertiary/aromatic N) is 2. The smallest absolute Gasteiger partial charge is 0.269 e. The van der Waals surface area contributed by atoms with Crippen LogP contribution in [-0.2, 0) is 6.54 Å². The fourth-order valence-corrected chi connectivity index (χ4v) is 2.63. The molecule has 0 fully saturated rings. The molecule has 0 saturated carbocycles. The van der Waals surface area contributed by atoms with Crippen molar-refractivity contribution < 1.29 is 9.66 Å². The quantitative estimate of drug-likeness (QED) is 0.357. The van der Waals surface area contributed by atoms with Gasteiger partial charge in [-0.3, -0.25) is 15.1 Å². The van der Waals surface area contributed by atoms with Crippen LogP contribution in [0.15, 0.2) is 60.7 Å². The summed E-state index contributed by atoms with van der Waals surface area (Å²) < 4.78 is 5.59. The SMILES string of the molecule is O=[N+]([O-])c1ccc(OCCCCNCc2ccc3ccccc3n2)cc1. The first-order valence-electron chi connectivity index (χ1n) is 8.65. The van der Waals surface area contributed by atoms with E-state index in [0.717, 1.165) is 42.5 Å². The highest BCUT2D eigenvalue weighted by molar-refractivity contribution is 5.78.